The number of hydrogen-bond acceptors (Lipinski definition) is 6. The van der Waals surface area contributed by atoms with Crippen LogP contribution in [0.1, 0.15) is 149 Å². The first-order valence-electron chi connectivity index (χ1n) is 17.7. The van der Waals surface area contributed by atoms with Gasteiger partial charge in [-0.3, -0.25) is 9.59 Å². The predicted octanol–water partition coefficient (Wildman–Crippen LogP) is 8.41. The SMILES string of the molecule is CCCCCCCCCC/C=C\CCCCCCCCCCCC(=O)OC(COCCC(C(=O)O)[N+](C)(C)C)COC(C)=O. The van der Waals surface area contributed by atoms with Gasteiger partial charge >= 0.3 is 17.9 Å². The van der Waals surface area contributed by atoms with E-state index in [1.54, 1.807) is 0 Å². The summed E-state index contributed by atoms with van der Waals surface area (Å²) < 4.78 is 16.4. The van der Waals surface area contributed by atoms with Crippen LogP contribution < -0.4 is 0 Å². The fourth-order valence-corrected chi connectivity index (χ4v) is 5.22. The van der Waals surface area contributed by atoms with E-state index in [4.69, 9.17) is 14.2 Å². The highest BCUT2D eigenvalue weighted by molar-refractivity contribution is 5.72. The van der Waals surface area contributed by atoms with Gasteiger partial charge in [-0.1, -0.05) is 109 Å². The molecular weight excluding hydrogens is 558 g/mol. The van der Waals surface area contributed by atoms with E-state index in [1.165, 1.54) is 110 Å². The average molecular weight is 627 g/mol. The summed E-state index contributed by atoms with van der Waals surface area (Å²) in [4.78, 5) is 35.1. The van der Waals surface area contributed by atoms with Crippen LogP contribution in [-0.2, 0) is 28.6 Å². The lowest BCUT2D eigenvalue weighted by Crippen LogP contribution is -2.50. The number of aliphatic carboxylic acids is 1. The third-order valence-corrected chi connectivity index (χ3v) is 7.97. The van der Waals surface area contributed by atoms with Gasteiger partial charge in [0, 0.05) is 19.8 Å². The number of carbonyl (C=O) groups excluding carboxylic acids is 2. The number of carboxylic acids is 1. The van der Waals surface area contributed by atoms with Gasteiger partial charge in [-0.25, -0.2) is 4.79 Å². The minimum atomic E-state index is -0.883. The molecule has 0 heterocycles. The Kier molecular flexibility index (Phi) is 27.3. The zero-order valence-electron chi connectivity index (χ0n) is 29.1. The minimum absolute atomic E-state index is 0.0537. The third kappa shape index (κ3) is 27.6. The van der Waals surface area contributed by atoms with Crippen molar-refractivity contribution < 1.29 is 38.2 Å². The monoisotopic (exact) mass is 626 g/mol. The Morgan fingerprint density at radius 1 is 0.705 bits per heavy atom. The first-order valence-corrected chi connectivity index (χ1v) is 17.7. The molecule has 0 aromatic carbocycles. The summed E-state index contributed by atoms with van der Waals surface area (Å²) in [6.45, 7) is 3.76. The van der Waals surface area contributed by atoms with Crippen LogP contribution >= 0.6 is 0 Å². The second-order valence-electron chi connectivity index (χ2n) is 13.2. The van der Waals surface area contributed by atoms with Gasteiger partial charge in [0.05, 0.1) is 34.4 Å². The smallest absolute Gasteiger partial charge is 0.362 e. The Morgan fingerprint density at radius 2 is 1.18 bits per heavy atom. The summed E-state index contributed by atoms with van der Waals surface area (Å²) in [5.41, 5.74) is 0. The zero-order chi connectivity index (χ0) is 32.9. The van der Waals surface area contributed by atoms with Crippen molar-refractivity contribution in [2.24, 2.45) is 0 Å². The number of rotatable bonds is 31. The van der Waals surface area contributed by atoms with Crippen LogP contribution in [0.15, 0.2) is 12.2 Å². The Bertz CT molecular complexity index is 747. The summed E-state index contributed by atoms with van der Waals surface area (Å²) in [5.74, 6) is -1.66. The van der Waals surface area contributed by atoms with E-state index in [9.17, 15) is 19.5 Å². The van der Waals surface area contributed by atoms with Crippen molar-refractivity contribution in [1.82, 2.24) is 0 Å². The van der Waals surface area contributed by atoms with Crippen molar-refractivity contribution in [2.75, 3.05) is 41.0 Å². The molecule has 0 saturated carbocycles. The highest BCUT2D eigenvalue weighted by Crippen LogP contribution is 2.14. The van der Waals surface area contributed by atoms with Crippen molar-refractivity contribution in [3.63, 3.8) is 0 Å². The molecule has 0 spiro atoms. The highest BCUT2D eigenvalue weighted by Gasteiger charge is 2.31. The molecule has 2 atom stereocenters. The second-order valence-corrected chi connectivity index (χ2v) is 13.2. The van der Waals surface area contributed by atoms with E-state index in [-0.39, 0.29) is 30.3 Å². The van der Waals surface area contributed by atoms with Gasteiger partial charge in [0.15, 0.2) is 12.1 Å². The van der Waals surface area contributed by atoms with Crippen LogP contribution in [0.4, 0.5) is 0 Å². The van der Waals surface area contributed by atoms with Crippen LogP contribution in [0, 0.1) is 0 Å². The van der Waals surface area contributed by atoms with E-state index in [2.05, 4.69) is 19.1 Å². The molecule has 44 heavy (non-hydrogen) atoms. The van der Waals surface area contributed by atoms with Gasteiger partial charge in [0.2, 0.25) is 0 Å². The molecule has 2 unspecified atom stereocenters. The standard InChI is InChI=1S/C36H67NO7/c1-6-7-8-9-10-11-12-13-14-15-16-17-18-19-20-21-22-23-24-25-26-27-35(39)44-33(31-43-32(2)38)30-42-29-28-34(36(40)41)37(3,4)5/h15-16,33-34H,6-14,17-31H2,1-5H3/p+1/b16-15-. The Morgan fingerprint density at radius 3 is 1.64 bits per heavy atom. The number of ether oxygens (including phenoxy) is 3. The maximum atomic E-state index is 12.4. The summed E-state index contributed by atoms with van der Waals surface area (Å²) in [5, 5.41) is 9.44. The average Bonchev–Trinajstić information content (AvgIpc) is 2.95. The van der Waals surface area contributed by atoms with Crippen LogP contribution in [-0.4, -0.2) is 80.6 Å². The molecule has 0 aliphatic carbocycles. The fourth-order valence-electron chi connectivity index (χ4n) is 5.22. The summed E-state index contributed by atoms with van der Waals surface area (Å²) in [6, 6.07) is -0.606. The first kappa shape index (κ1) is 42.1. The molecule has 258 valence electrons. The van der Waals surface area contributed by atoms with Crippen molar-refractivity contribution in [1.29, 1.82) is 0 Å². The van der Waals surface area contributed by atoms with E-state index in [0.29, 0.717) is 12.8 Å². The number of unbranched alkanes of at least 4 members (excludes halogenated alkanes) is 17. The number of carbonyl (C=O) groups is 3. The zero-order valence-corrected chi connectivity index (χ0v) is 29.1. The van der Waals surface area contributed by atoms with E-state index in [1.807, 2.05) is 21.1 Å². The second kappa shape index (κ2) is 28.5. The lowest BCUT2D eigenvalue weighted by Gasteiger charge is -2.31. The molecule has 8 heteroatoms. The maximum absolute atomic E-state index is 12.4. The molecule has 8 nitrogen and oxygen atoms in total. The number of quaternary nitrogens is 1. The molecule has 0 saturated heterocycles. The van der Waals surface area contributed by atoms with E-state index >= 15 is 0 Å². The van der Waals surface area contributed by atoms with Gasteiger partial charge < -0.3 is 23.8 Å². The van der Waals surface area contributed by atoms with Crippen molar-refractivity contribution in [2.45, 2.75) is 161 Å². The topological polar surface area (TPSA) is 99.1 Å². The fraction of sp³-hybridized carbons (Fsp3) is 0.861. The predicted molar refractivity (Wildman–Crippen MR) is 179 cm³/mol. The van der Waals surface area contributed by atoms with Crippen LogP contribution in [0.5, 0.6) is 0 Å². The molecular formula is C36H68NO7+. The maximum Gasteiger partial charge on any atom is 0.362 e. The Hall–Kier alpha value is -1.93. The van der Waals surface area contributed by atoms with Gasteiger partial charge in [-0.2, -0.15) is 0 Å². The Labute approximate surface area is 269 Å². The van der Waals surface area contributed by atoms with Crippen LogP contribution in [0.25, 0.3) is 0 Å². The number of carboxylic acid groups (broad SMARTS) is 1. The van der Waals surface area contributed by atoms with E-state index in [0.717, 1.165) is 19.3 Å². The molecule has 0 fully saturated rings. The molecule has 0 amide bonds. The lowest BCUT2D eigenvalue weighted by atomic mass is 10.1. The normalized spacial score (nSPS) is 13.2. The number of likely N-dealkylation sites (N-methyl/N-ethyl adjacent to an activating group) is 1. The van der Waals surface area contributed by atoms with Crippen molar-refractivity contribution >= 4 is 17.9 Å². The molecule has 0 aliphatic rings. The minimum Gasteiger partial charge on any atom is -0.477 e. The molecule has 0 bridgehead atoms. The number of hydrogen-bond donors (Lipinski definition) is 1. The third-order valence-electron chi connectivity index (χ3n) is 7.97. The van der Waals surface area contributed by atoms with Gasteiger partial charge in [-0.15, -0.1) is 0 Å². The van der Waals surface area contributed by atoms with Crippen molar-refractivity contribution in [3.05, 3.63) is 12.2 Å². The Balaban J connectivity index is 3.82. The summed E-state index contributed by atoms with van der Waals surface area (Å²) in [6.07, 6.45) is 28.7. The molecule has 0 radical (unpaired) electrons. The largest absolute Gasteiger partial charge is 0.477 e. The molecule has 0 rings (SSSR count). The molecule has 0 aromatic rings. The number of nitrogens with zero attached hydrogens (tertiary/aromatic N) is 1. The number of allylic oxidation sites excluding steroid dienone is 2. The molecule has 1 N–H and O–H groups in total. The van der Waals surface area contributed by atoms with Crippen molar-refractivity contribution in [3.8, 4) is 0 Å². The van der Waals surface area contributed by atoms with Gasteiger partial charge in [0.1, 0.15) is 6.61 Å². The quantitative estimate of drug-likeness (QED) is 0.0357. The van der Waals surface area contributed by atoms with Gasteiger partial charge in [0.25, 0.3) is 0 Å². The highest BCUT2D eigenvalue weighted by atomic mass is 16.6. The molecule has 0 aromatic heterocycles. The van der Waals surface area contributed by atoms with Crippen LogP contribution in [0.2, 0.25) is 0 Å². The number of esters is 2. The summed E-state index contributed by atoms with van der Waals surface area (Å²) >= 11 is 0. The first-order chi connectivity index (χ1) is 21.1. The molecule has 0 aliphatic heterocycles. The van der Waals surface area contributed by atoms with Gasteiger partial charge in [-0.05, 0) is 32.1 Å². The van der Waals surface area contributed by atoms with Crippen LogP contribution in [0.3, 0.4) is 0 Å². The lowest BCUT2D eigenvalue weighted by molar-refractivity contribution is -0.887. The summed E-state index contributed by atoms with van der Waals surface area (Å²) in [7, 11) is 5.47. The van der Waals surface area contributed by atoms with E-state index < -0.39 is 24.1 Å².